The lowest BCUT2D eigenvalue weighted by atomic mass is 9.91. The van der Waals surface area contributed by atoms with Crippen molar-refractivity contribution in [3.05, 3.63) is 65.2 Å². The Hall–Kier alpha value is -3.68. The van der Waals surface area contributed by atoms with Crippen molar-refractivity contribution in [2.75, 3.05) is 18.5 Å². The van der Waals surface area contributed by atoms with Gasteiger partial charge in [0.1, 0.15) is 12.1 Å². The molecule has 2 aromatic rings. The van der Waals surface area contributed by atoms with Gasteiger partial charge in [-0.2, -0.15) is 0 Å². The van der Waals surface area contributed by atoms with Crippen LogP contribution in [0.4, 0.5) is 10.5 Å². The first kappa shape index (κ1) is 23.0. The van der Waals surface area contributed by atoms with Crippen molar-refractivity contribution in [2.45, 2.75) is 39.2 Å². The average Bonchev–Trinajstić information content (AvgIpc) is 2.98. The molecule has 0 bridgehead atoms. The second kappa shape index (κ2) is 9.64. The summed E-state index contributed by atoms with van der Waals surface area (Å²) in [6.07, 6.45) is 1.73. The molecule has 1 heterocycles. The van der Waals surface area contributed by atoms with E-state index in [1.165, 1.54) is 0 Å². The van der Waals surface area contributed by atoms with Crippen molar-refractivity contribution >= 4 is 29.5 Å². The largest absolute Gasteiger partial charge is 0.462 e. The number of carbonyl (C=O) groups excluding carboxylic acids is 4. The molecule has 168 valence electrons. The minimum absolute atomic E-state index is 0.362. The Kier molecular flexibility index (Phi) is 6.92. The van der Waals surface area contributed by atoms with Gasteiger partial charge in [0.15, 0.2) is 0 Å². The van der Waals surface area contributed by atoms with E-state index in [0.29, 0.717) is 23.4 Å². The van der Waals surface area contributed by atoms with Crippen molar-refractivity contribution in [3.8, 4) is 0 Å². The van der Waals surface area contributed by atoms with E-state index in [-0.39, 0.29) is 0 Å². The first-order valence-electron chi connectivity index (χ1n) is 10.5. The number of rotatable bonds is 8. The summed E-state index contributed by atoms with van der Waals surface area (Å²) >= 11 is 0. The van der Waals surface area contributed by atoms with Crippen molar-refractivity contribution in [1.82, 2.24) is 10.2 Å². The number of nitrogens with one attached hydrogen (secondary N) is 2. The van der Waals surface area contributed by atoms with E-state index in [2.05, 4.69) is 10.6 Å². The molecule has 2 N–H and O–H groups in total. The zero-order chi connectivity index (χ0) is 23.3. The third-order valence-electron chi connectivity index (χ3n) is 5.34. The smallest absolute Gasteiger partial charge is 0.338 e. The molecule has 3 rings (SSSR count). The van der Waals surface area contributed by atoms with Crippen LogP contribution in [0.15, 0.2) is 48.5 Å². The fourth-order valence-electron chi connectivity index (χ4n) is 3.35. The number of benzene rings is 2. The summed E-state index contributed by atoms with van der Waals surface area (Å²) in [5, 5.41) is 5.32. The van der Waals surface area contributed by atoms with Gasteiger partial charge in [-0.25, -0.2) is 9.59 Å². The molecule has 8 nitrogen and oxygen atoms in total. The van der Waals surface area contributed by atoms with E-state index < -0.39 is 35.9 Å². The summed E-state index contributed by atoms with van der Waals surface area (Å²) in [5.74, 6) is -1.45. The summed E-state index contributed by atoms with van der Waals surface area (Å²) in [5.41, 5.74) is 1.26. The van der Waals surface area contributed by atoms with Crippen LogP contribution in [0.25, 0.3) is 0 Å². The maximum Gasteiger partial charge on any atom is 0.338 e. The monoisotopic (exact) mass is 437 g/mol. The second-order valence-electron chi connectivity index (χ2n) is 7.93. The van der Waals surface area contributed by atoms with Crippen molar-refractivity contribution < 1.29 is 23.9 Å². The molecule has 1 atom stereocenters. The Labute approximate surface area is 186 Å². The normalized spacial score (nSPS) is 17.8. The highest BCUT2D eigenvalue weighted by Crippen LogP contribution is 2.29. The molecule has 8 heteroatoms. The number of hydrogen-bond donors (Lipinski definition) is 2. The molecule has 4 amide bonds. The van der Waals surface area contributed by atoms with Crippen molar-refractivity contribution in [1.29, 1.82) is 0 Å². The fraction of sp³-hybridized carbons (Fsp3) is 0.333. The first-order valence-corrected chi connectivity index (χ1v) is 10.5. The third-order valence-corrected chi connectivity index (χ3v) is 5.34. The third kappa shape index (κ3) is 4.96. The predicted octanol–water partition coefficient (Wildman–Crippen LogP) is 3.36. The number of aryl methyl sites for hydroxylation is 1. The average molecular weight is 437 g/mol. The molecule has 1 aliphatic rings. The minimum atomic E-state index is -1.23. The molecule has 0 unspecified atom stereocenters. The number of hydrogen-bond acceptors (Lipinski definition) is 5. The number of imide groups is 1. The molecule has 0 spiro atoms. The molecular weight excluding hydrogens is 410 g/mol. The maximum absolute atomic E-state index is 12.9. The molecule has 0 aromatic heterocycles. The number of carbonyl (C=O) groups is 4. The first-order chi connectivity index (χ1) is 15.2. The lowest BCUT2D eigenvalue weighted by Crippen LogP contribution is -2.42. The lowest BCUT2D eigenvalue weighted by Gasteiger charge is -2.22. The quantitative estimate of drug-likeness (QED) is 0.374. The number of urea groups is 1. The van der Waals surface area contributed by atoms with E-state index >= 15 is 0 Å². The van der Waals surface area contributed by atoms with E-state index in [0.717, 1.165) is 23.3 Å². The standard InChI is InChI=1S/C24H27N3O5/c1-4-5-14-32-21(29)17-8-12-19(13-9-17)25-20(28)15-27-22(30)24(3,26-23(27)31)18-10-6-16(2)7-11-18/h6-13H,4-5,14-15H2,1-3H3,(H,25,28)(H,26,31)/t24-/m0/s1. The van der Waals surface area contributed by atoms with Crippen LogP contribution in [-0.2, 0) is 19.9 Å². The van der Waals surface area contributed by atoms with Gasteiger partial charge in [-0.05, 0) is 50.1 Å². The van der Waals surface area contributed by atoms with Crippen molar-refractivity contribution in [3.63, 3.8) is 0 Å². The summed E-state index contributed by atoms with van der Waals surface area (Å²) < 4.78 is 5.15. The van der Waals surface area contributed by atoms with E-state index in [9.17, 15) is 19.2 Å². The number of nitrogens with zero attached hydrogens (tertiary/aromatic N) is 1. The van der Waals surface area contributed by atoms with E-state index in [1.54, 1.807) is 43.3 Å². The Bertz CT molecular complexity index is 1020. The molecular formula is C24H27N3O5. The fourth-order valence-corrected chi connectivity index (χ4v) is 3.35. The van der Waals surface area contributed by atoms with Crippen molar-refractivity contribution in [2.24, 2.45) is 0 Å². The lowest BCUT2D eigenvalue weighted by molar-refractivity contribution is -0.133. The van der Waals surface area contributed by atoms with Gasteiger partial charge < -0.3 is 15.4 Å². The number of ether oxygens (including phenoxy) is 1. The van der Waals surface area contributed by atoms with Gasteiger partial charge >= 0.3 is 12.0 Å². The van der Waals surface area contributed by atoms with Gasteiger partial charge in [0.05, 0.1) is 12.2 Å². The summed E-state index contributed by atoms with van der Waals surface area (Å²) in [6, 6.07) is 12.9. The van der Waals surface area contributed by atoms with Crippen LogP contribution in [-0.4, -0.2) is 41.9 Å². The van der Waals surface area contributed by atoms with Gasteiger partial charge in [0, 0.05) is 5.69 Å². The number of esters is 1. The highest BCUT2D eigenvalue weighted by atomic mass is 16.5. The summed E-state index contributed by atoms with van der Waals surface area (Å²) in [4.78, 5) is 50.7. The predicted molar refractivity (Wildman–Crippen MR) is 119 cm³/mol. The van der Waals surface area contributed by atoms with Crippen LogP contribution >= 0.6 is 0 Å². The Morgan fingerprint density at radius 2 is 1.72 bits per heavy atom. The van der Waals surface area contributed by atoms with Gasteiger partial charge in [0.25, 0.3) is 5.91 Å². The van der Waals surface area contributed by atoms with Crippen LogP contribution in [0.1, 0.15) is 48.2 Å². The minimum Gasteiger partial charge on any atom is -0.462 e. The molecule has 2 aromatic carbocycles. The summed E-state index contributed by atoms with van der Waals surface area (Å²) in [7, 11) is 0. The van der Waals surface area contributed by atoms with E-state index in [1.807, 2.05) is 26.0 Å². The van der Waals surface area contributed by atoms with Crippen LogP contribution in [0.2, 0.25) is 0 Å². The summed E-state index contributed by atoms with van der Waals surface area (Å²) in [6.45, 7) is 5.50. The zero-order valence-electron chi connectivity index (χ0n) is 18.4. The zero-order valence-corrected chi connectivity index (χ0v) is 18.4. The topological polar surface area (TPSA) is 105 Å². The molecule has 1 saturated heterocycles. The Balaban J connectivity index is 1.61. The van der Waals surface area contributed by atoms with Gasteiger partial charge in [-0.3, -0.25) is 14.5 Å². The van der Waals surface area contributed by atoms with Gasteiger partial charge in [-0.15, -0.1) is 0 Å². The Morgan fingerprint density at radius 3 is 2.34 bits per heavy atom. The van der Waals surface area contributed by atoms with E-state index in [4.69, 9.17) is 4.74 Å². The highest BCUT2D eigenvalue weighted by molar-refractivity contribution is 6.10. The van der Waals surface area contributed by atoms with Crippen LogP contribution in [0, 0.1) is 6.92 Å². The maximum atomic E-state index is 12.9. The molecule has 1 fully saturated rings. The van der Waals surface area contributed by atoms with Gasteiger partial charge in [0.2, 0.25) is 5.91 Å². The molecule has 0 aliphatic carbocycles. The van der Waals surface area contributed by atoms with Crippen LogP contribution in [0.3, 0.4) is 0 Å². The second-order valence-corrected chi connectivity index (χ2v) is 7.93. The van der Waals surface area contributed by atoms with Crippen LogP contribution < -0.4 is 10.6 Å². The van der Waals surface area contributed by atoms with Gasteiger partial charge in [-0.1, -0.05) is 43.2 Å². The molecule has 1 aliphatic heterocycles. The number of amides is 4. The Morgan fingerprint density at radius 1 is 1.06 bits per heavy atom. The molecule has 0 radical (unpaired) electrons. The number of anilines is 1. The SMILES string of the molecule is CCCCOC(=O)c1ccc(NC(=O)CN2C(=O)N[C@@](C)(c3ccc(C)cc3)C2=O)cc1. The number of unbranched alkanes of at least 4 members (excludes halogenated alkanes) is 1. The van der Waals surface area contributed by atoms with Crippen LogP contribution in [0.5, 0.6) is 0 Å². The molecule has 0 saturated carbocycles. The molecule has 32 heavy (non-hydrogen) atoms. The highest BCUT2D eigenvalue weighted by Gasteiger charge is 2.49.